The summed E-state index contributed by atoms with van der Waals surface area (Å²) in [5.74, 6) is 1.32. The maximum atomic E-state index is 12.2. The van der Waals surface area contributed by atoms with Gasteiger partial charge >= 0.3 is 5.69 Å². The molecular formula is C18H21N3O2. The van der Waals surface area contributed by atoms with Crippen LogP contribution in [-0.4, -0.2) is 20.8 Å². The molecule has 5 heteroatoms. The zero-order valence-corrected chi connectivity index (χ0v) is 13.7. The predicted molar refractivity (Wildman–Crippen MR) is 90.2 cm³/mol. The molecular weight excluding hydrogens is 290 g/mol. The van der Waals surface area contributed by atoms with Crippen molar-refractivity contribution in [2.24, 2.45) is 0 Å². The van der Waals surface area contributed by atoms with Crippen molar-refractivity contribution in [1.82, 2.24) is 14.2 Å². The number of aryl methyl sites for hydroxylation is 1. The van der Waals surface area contributed by atoms with Crippen molar-refractivity contribution in [2.45, 2.75) is 33.2 Å². The Balaban J connectivity index is 1.68. The summed E-state index contributed by atoms with van der Waals surface area (Å²) in [4.78, 5) is 12.2. The molecule has 3 aromatic rings. The minimum absolute atomic E-state index is 0.143. The zero-order valence-electron chi connectivity index (χ0n) is 13.7. The fraction of sp³-hybridized carbons (Fsp3) is 0.333. The van der Waals surface area contributed by atoms with Crippen LogP contribution in [0.15, 0.2) is 47.4 Å². The Kier molecular flexibility index (Phi) is 4.19. The first-order valence-corrected chi connectivity index (χ1v) is 7.84. The number of benzene rings is 1. The Hall–Kier alpha value is -2.56. The second-order valence-corrected chi connectivity index (χ2v) is 5.96. The number of nitrogens with zero attached hydrogens (tertiary/aromatic N) is 3. The number of ether oxygens (including phenoxy) is 1. The Labute approximate surface area is 135 Å². The molecule has 2 heterocycles. The molecule has 1 aromatic carbocycles. The molecule has 0 atom stereocenters. The molecule has 0 aliphatic carbocycles. The van der Waals surface area contributed by atoms with Gasteiger partial charge in [0.1, 0.15) is 12.4 Å². The summed E-state index contributed by atoms with van der Waals surface area (Å²) in [5, 5.41) is 4.29. The Morgan fingerprint density at radius 3 is 2.74 bits per heavy atom. The Morgan fingerprint density at radius 1 is 1.22 bits per heavy atom. The normalized spacial score (nSPS) is 11.3. The van der Waals surface area contributed by atoms with Gasteiger partial charge in [-0.2, -0.15) is 0 Å². The van der Waals surface area contributed by atoms with Crippen LogP contribution in [0.1, 0.15) is 30.9 Å². The average molecular weight is 311 g/mol. The molecule has 0 aliphatic heterocycles. The lowest BCUT2D eigenvalue weighted by Gasteiger charge is -2.12. The summed E-state index contributed by atoms with van der Waals surface area (Å²) in [6.07, 6.45) is 1.72. The highest BCUT2D eigenvalue weighted by molar-refractivity contribution is 5.36. The van der Waals surface area contributed by atoms with Crippen LogP contribution >= 0.6 is 0 Å². The van der Waals surface area contributed by atoms with Gasteiger partial charge in [-0.05, 0) is 48.2 Å². The van der Waals surface area contributed by atoms with E-state index in [9.17, 15) is 4.79 Å². The van der Waals surface area contributed by atoms with Crippen LogP contribution in [0, 0.1) is 6.92 Å². The lowest BCUT2D eigenvalue weighted by molar-refractivity contribution is 0.289. The van der Waals surface area contributed by atoms with Crippen molar-refractivity contribution in [3.05, 3.63) is 64.2 Å². The smallest absolute Gasteiger partial charge is 0.350 e. The van der Waals surface area contributed by atoms with Crippen LogP contribution in [0.25, 0.3) is 5.65 Å². The van der Waals surface area contributed by atoms with Crippen molar-refractivity contribution in [1.29, 1.82) is 0 Å². The standard InChI is InChI=1S/C18H21N3O2/c1-13(2)16-8-7-15(12-14(16)3)23-11-10-21-18(22)20-9-5-4-6-17(20)19-21/h4-9,12-13H,10-11H2,1-3H3. The van der Waals surface area contributed by atoms with Gasteiger partial charge in [0.05, 0.1) is 6.54 Å². The summed E-state index contributed by atoms with van der Waals surface area (Å²) < 4.78 is 8.73. The van der Waals surface area contributed by atoms with Gasteiger partial charge in [0.15, 0.2) is 5.65 Å². The van der Waals surface area contributed by atoms with Gasteiger partial charge < -0.3 is 4.74 Å². The number of aromatic nitrogens is 3. The molecule has 0 unspecified atom stereocenters. The van der Waals surface area contributed by atoms with E-state index in [4.69, 9.17) is 4.74 Å². The van der Waals surface area contributed by atoms with Gasteiger partial charge in [-0.1, -0.05) is 26.0 Å². The number of fused-ring (bicyclic) bond motifs is 1. The fourth-order valence-electron chi connectivity index (χ4n) is 2.75. The Bertz CT molecular complexity index is 877. The van der Waals surface area contributed by atoms with Gasteiger partial charge in [0.25, 0.3) is 0 Å². The molecule has 0 bridgehead atoms. The van der Waals surface area contributed by atoms with Gasteiger partial charge in [-0.3, -0.25) is 4.40 Å². The van der Waals surface area contributed by atoms with Crippen molar-refractivity contribution in [3.8, 4) is 5.75 Å². The third-order valence-corrected chi connectivity index (χ3v) is 3.92. The molecule has 0 spiro atoms. The maximum absolute atomic E-state index is 12.2. The number of hydrogen-bond donors (Lipinski definition) is 0. The average Bonchev–Trinajstić information content (AvgIpc) is 2.84. The minimum atomic E-state index is -0.143. The molecule has 0 N–H and O–H groups in total. The van der Waals surface area contributed by atoms with Gasteiger partial charge in [0.2, 0.25) is 0 Å². The van der Waals surface area contributed by atoms with Crippen LogP contribution in [0.5, 0.6) is 5.75 Å². The van der Waals surface area contributed by atoms with E-state index in [1.807, 2.05) is 30.3 Å². The second-order valence-electron chi connectivity index (χ2n) is 5.96. The first-order chi connectivity index (χ1) is 11.1. The summed E-state index contributed by atoms with van der Waals surface area (Å²) in [6.45, 7) is 7.28. The van der Waals surface area contributed by atoms with Crippen LogP contribution in [0.3, 0.4) is 0 Å². The molecule has 5 nitrogen and oxygen atoms in total. The van der Waals surface area contributed by atoms with Crippen molar-refractivity contribution in [2.75, 3.05) is 6.61 Å². The number of hydrogen-bond acceptors (Lipinski definition) is 3. The van der Waals surface area contributed by atoms with E-state index >= 15 is 0 Å². The number of pyridine rings is 1. The second kappa shape index (κ2) is 6.28. The highest BCUT2D eigenvalue weighted by Crippen LogP contribution is 2.23. The van der Waals surface area contributed by atoms with Crippen LogP contribution in [0.2, 0.25) is 0 Å². The molecule has 23 heavy (non-hydrogen) atoms. The number of rotatable bonds is 5. The molecule has 0 aliphatic rings. The van der Waals surface area contributed by atoms with E-state index in [0.717, 1.165) is 5.75 Å². The van der Waals surface area contributed by atoms with E-state index in [1.54, 1.807) is 6.20 Å². The topological polar surface area (TPSA) is 48.5 Å². The molecule has 0 amide bonds. The predicted octanol–water partition coefficient (Wildman–Crippen LogP) is 3.01. The van der Waals surface area contributed by atoms with Crippen molar-refractivity contribution in [3.63, 3.8) is 0 Å². The Morgan fingerprint density at radius 2 is 2.04 bits per heavy atom. The van der Waals surface area contributed by atoms with E-state index in [1.165, 1.54) is 20.2 Å². The summed E-state index contributed by atoms with van der Waals surface area (Å²) in [5.41, 5.74) is 3.06. The highest BCUT2D eigenvalue weighted by atomic mass is 16.5. The minimum Gasteiger partial charge on any atom is -0.492 e. The molecule has 0 saturated heterocycles. The lowest BCUT2D eigenvalue weighted by atomic mass is 9.98. The monoisotopic (exact) mass is 311 g/mol. The SMILES string of the molecule is Cc1cc(OCCn2nc3ccccn3c2=O)ccc1C(C)C. The first kappa shape index (κ1) is 15.3. The van der Waals surface area contributed by atoms with Crippen LogP contribution in [0.4, 0.5) is 0 Å². The molecule has 0 radical (unpaired) electrons. The highest BCUT2D eigenvalue weighted by Gasteiger charge is 2.07. The van der Waals surface area contributed by atoms with E-state index in [2.05, 4.69) is 31.9 Å². The van der Waals surface area contributed by atoms with Gasteiger partial charge in [0, 0.05) is 6.20 Å². The van der Waals surface area contributed by atoms with Crippen molar-refractivity contribution < 1.29 is 4.74 Å². The van der Waals surface area contributed by atoms with Crippen LogP contribution in [-0.2, 0) is 6.54 Å². The maximum Gasteiger partial charge on any atom is 0.350 e. The van der Waals surface area contributed by atoms with E-state index < -0.39 is 0 Å². The lowest BCUT2D eigenvalue weighted by Crippen LogP contribution is -2.23. The molecule has 0 saturated carbocycles. The largest absolute Gasteiger partial charge is 0.492 e. The summed E-state index contributed by atoms with van der Waals surface area (Å²) in [6, 6.07) is 11.6. The quantitative estimate of drug-likeness (QED) is 0.728. The zero-order chi connectivity index (χ0) is 16.4. The molecule has 2 aromatic heterocycles. The summed E-state index contributed by atoms with van der Waals surface area (Å²) >= 11 is 0. The molecule has 3 rings (SSSR count). The van der Waals surface area contributed by atoms with E-state index in [0.29, 0.717) is 24.7 Å². The van der Waals surface area contributed by atoms with Crippen LogP contribution < -0.4 is 10.4 Å². The molecule has 0 fully saturated rings. The van der Waals surface area contributed by atoms with E-state index in [-0.39, 0.29) is 5.69 Å². The summed E-state index contributed by atoms with van der Waals surface area (Å²) in [7, 11) is 0. The molecule has 120 valence electrons. The van der Waals surface area contributed by atoms with Gasteiger partial charge in [-0.15, -0.1) is 5.10 Å². The van der Waals surface area contributed by atoms with Gasteiger partial charge in [-0.25, -0.2) is 9.48 Å². The third kappa shape index (κ3) is 3.13. The fourth-order valence-corrected chi connectivity index (χ4v) is 2.75. The first-order valence-electron chi connectivity index (χ1n) is 7.84. The van der Waals surface area contributed by atoms with Crippen molar-refractivity contribution >= 4 is 5.65 Å². The third-order valence-electron chi connectivity index (χ3n) is 3.92.